The molecule has 2 aromatic rings. The van der Waals surface area contributed by atoms with Gasteiger partial charge in [-0.15, -0.1) is 0 Å². The largest absolute Gasteiger partial charge is 0.379 e. The van der Waals surface area contributed by atoms with Crippen molar-refractivity contribution in [3.8, 4) is 0 Å². The van der Waals surface area contributed by atoms with Crippen molar-refractivity contribution < 1.29 is 2.74 Å². The molecule has 1 aromatic carbocycles. The average molecular weight is 277 g/mol. The third-order valence-electron chi connectivity index (χ3n) is 2.61. The molecule has 0 aliphatic heterocycles. The quantitative estimate of drug-likeness (QED) is 0.867. The lowest BCUT2D eigenvalue weighted by atomic mass is 10.0. The van der Waals surface area contributed by atoms with E-state index >= 15 is 0 Å². The van der Waals surface area contributed by atoms with Crippen LogP contribution in [0.25, 0.3) is 0 Å². The van der Waals surface area contributed by atoms with E-state index in [2.05, 4.69) is 10.3 Å². The van der Waals surface area contributed by atoms with Crippen LogP contribution in [0.5, 0.6) is 0 Å². The standard InChI is InChI=1S/C16H19ClN2/c1-12(2)9-13-10-14(17)6-7-16(13)19-11-15-5-3-4-8-18-15/h3-8,10,12,19H,9,11H2,1-2H3/i9D2. The molecular weight excluding hydrogens is 256 g/mol. The number of rotatable bonds is 5. The predicted molar refractivity (Wildman–Crippen MR) is 81.6 cm³/mol. The van der Waals surface area contributed by atoms with Gasteiger partial charge < -0.3 is 5.32 Å². The Bertz CT molecular complexity index is 600. The SMILES string of the molecule is [2H]C([2H])(c1cc(Cl)ccc1NCc1ccccn1)C(C)C. The summed E-state index contributed by atoms with van der Waals surface area (Å²) in [6.07, 6.45) is 0.296. The Morgan fingerprint density at radius 3 is 2.84 bits per heavy atom. The smallest absolute Gasteiger partial charge is 0.0594 e. The number of benzene rings is 1. The Morgan fingerprint density at radius 2 is 2.16 bits per heavy atom. The number of nitrogens with zero attached hydrogens (tertiary/aromatic N) is 1. The number of nitrogens with one attached hydrogen (secondary N) is 1. The highest BCUT2D eigenvalue weighted by Crippen LogP contribution is 2.23. The third kappa shape index (κ3) is 4.25. The fourth-order valence-electron chi connectivity index (χ4n) is 1.79. The zero-order valence-electron chi connectivity index (χ0n) is 13.2. The first-order valence-electron chi connectivity index (χ1n) is 7.35. The van der Waals surface area contributed by atoms with Gasteiger partial charge in [0, 0.05) is 19.6 Å². The van der Waals surface area contributed by atoms with Crippen LogP contribution in [0.15, 0.2) is 42.6 Å². The van der Waals surface area contributed by atoms with E-state index in [9.17, 15) is 0 Å². The Kier molecular flexibility index (Phi) is 3.91. The molecular formula is C16H19ClN2. The first kappa shape index (κ1) is 11.3. The maximum absolute atomic E-state index is 8.29. The molecule has 0 aliphatic rings. The van der Waals surface area contributed by atoms with Crippen molar-refractivity contribution >= 4 is 17.3 Å². The van der Waals surface area contributed by atoms with E-state index in [1.807, 2.05) is 38.1 Å². The molecule has 19 heavy (non-hydrogen) atoms. The van der Waals surface area contributed by atoms with Gasteiger partial charge in [0.2, 0.25) is 0 Å². The number of halogens is 1. The molecule has 1 N–H and O–H groups in total. The molecule has 3 heteroatoms. The minimum atomic E-state index is -1.45. The van der Waals surface area contributed by atoms with Crippen molar-refractivity contribution in [2.75, 3.05) is 5.32 Å². The van der Waals surface area contributed by atoms with E-state index in [0.717, 1.165) is 11.4 Å². The van der Waals surface area contributed by atoms with Crippen LogP contribution in [0, 0.1) is 5.92 Å². The van der Waals surface area contributed by atoms with E-state index in [1.54, 1.807) is 18.3 Å². The van der Waals surface area contributed by atoms with Crippen molar-refractivity contribution in [1.82, 2.24) is 4.98 Å². The van der Waals surface area contributed by atoms with E-state index in [-0.39, 0.29) is 5.92 Å². The van der Waals surface area contributed by atoms with Gasteiger partial charge in [0.1, 0.15) is 0 Å². The lowest BCUT2D eigenvalue weighted by Crippen LogP contribution is -2.05. The fourth-order valence-corrected chi connectivity index (χ4v) is 1.96. The summed E-state index contributed by atoms with van der Waals surface area (Å²) < 4.78 is 16.6. The fraction of sp³-hybridized carbons (Fsp3) is 0.312. The monoisotopic (exact) mass is 276 g/mol. The zero-order valence-corrected chi connectivity index (χ0v) is 11.9. The van der Waals surface area contributed by atoms with E-state index in [4.69, 9.17) is 14.3 Å². The van der Waals surface area contributed by atoms with Crippen LogP contribution in [0.4, 0.5) is 5.69 Å². The van der Waals surface area contributed by atoms with Crippen LogP contribution >= 0.6 is 11.6 Å². The topological polar surface area (TPSA) is 24.9 Å². The van der Waals surface area contributed by atoms with Crippen LogP contribution < -0.4 is 5.32 Å². The molecule has 0 unspecified atom stereocenters. The van der Waals surface area contributed by atoms with Gasteiger partial charge in [0.15, 0.2) is 0 Å². The summed E-state index contributed by atoms with van der Waals surface area (Å²) in [7, 11) is 0. The lowest BCUT2D eigenvalue weighted by molar-refractivity contribution is 0.648. The molecule has 1 aromatic heterocycles. The van der Waals surface area contributed by atoms with Crippen molar-refractivity contribution in [3.63, 3.8) is 0 Å². The average Bonchev–Trinajstić information content (AvgIpc) is 2.46. The molecule has 0 fully saturated rings. The van der Waals surface area contributed by atoms with Crippen molar-refractivity contribution in [2.45, 2.75) is 26.8 Å². The van der Waals surface area contributed by atoms with Gasteiger partial charge >= 0.3 is 0 Å². The summed E-state index contributed by atoms with van der Waals surface area (Å²) in [4.78, 5) is 4.26. The molecule has 0 saturated heterocycles. The van der Waals surface area contributed by atoms with E-state index in [0.29, 0.717) is 17.1 Å². The highest BCUT2D eigenvalue weighted by atomic mass is 35.5. The zero-order chi connectivity index (χ0) is 15.5. The maximum Gasteiger partial charge on any atom is 0.0594 e. The van der Waals surface area contributed by atoms with Crippen molar-refractivity contribution in [2.24, 2.45) is 5.92 Å². The minimum Gasteiger partial charge on any atom is -0.379 e. The van der Waals surface area contributed by atoms with Crippen LogP contribution in [-0.4, -0.2) is 4.98 Å². The van der Waals surface area contributed by atoms with Crippen LogP contribution in [0.3, 0.4) is 0 Å². The molecule has 0 aliphatic carbocycles. The Morgan fingerprint density at radius 1 is 1.32 bits per heavy atom. The normalized spacial score (nSPS) is 13.1. The van der Waals surface area contributed by atoms with Crippen LogP contribution in [-0.2, 0) is 12.9 Å². The molecule has 2 nitrogen and oxygen atoms in total. The predicted octanol–water partition coefficient (Wildman–Crippen LogP) is 4.55. The number of anilines is 1. The van der Waals surface area contributed by atoms with Gasteiger partial charge in [-0.1, -0.05) is 31.5 Å². The van der Waals surface area contributed by atoms with Gasteiger partial charge in [-0.05, 0) is 48.2 Å². The molecule has 0 bridgehead atoms. The van der Waals surface area contributed by atoms with Gasteiger partial charge in [0.05, 0.1) is 12.2 Å². The summed E-state index contributed by atoms with van der Waals surface area (Å²) in [5.74, 6) is -0.147. The van der Waals surface area contributed by atoms with E-state index in [1.165, 1.54) is 0 Å². The summed E-state index contributed by atoms with van der Waals surface area (Å²) in [5, 5.41) is 3.80. The molecule has 0 radical (unpaired) electrons. The van der Waals surface area contributed by atoms with Crippen LogP contribution in [0.1, 0.15) is 27.8 Å². The first-order valence-corrected chi connectivity index (χ1v) is 6.73. The van der Waals surface area contributed by atoms with Gasteiger partial charge in [-0.25, -0.2) is 0 Å². The number of hydrogen-bond donors (Lipinski definition) is 1. The van der Waals surface area contributed by atoms with Crippen LogP contribution in [0.2, 0.25) is 5.02 Å². The summed E-state index contributed by atoms with van der Waals surface area (Å²) in [6.45, 7) is 4.27. The van der Waals surface area contributed by atoms with Gasteiger partial charge in [-0.2, -0.15) is 0 Å². The molecule has 0 spiro atoms. The van der Waals surface area contributed by atoms with Gasteiger partial charge in [-0.3, -0.25) is 4.98 Å². The lowest BCUT2D eigenvalue weighted by Gasteiger charge is -2.14. The summed E-state index contributed by atoms with van der Waals surface area (Å²) >= 11 is 6.04. The van der Waals surface area contributed by atoms with Crippen molar-refractivity contribution in [3.05, 3.63) is 58.9 Å². The Labute approximate surface area is 122 Å². The Balaban J connectivity index is 2.27. The molecule has 0 saturated carbocycles. The molecule has 100 valence electrons. The highest BCUT2D eigenvalue weighted by molar-refractivity contribution is 6.30. The highest BCUT2D eigenvalue weighted by Gasteiger charge is 2.06. The Hall–Kier alpha value is -1.54. The first-order chi connectivity index (χ1) is 9.91. The summed E-state index contributed by atoms with van der Waals surface area (Å²) in [6, 6.07) is 11.0. The van der Waals surface area contributed by atoms with Gasteiger partial charge in [0.25, 0.3) is 0 Å². The third-order valence-corrected chi connectivity index (χ3v) is 2.85. The minimum absolute atomic E-state index is 0.147. The molecule has 0 amide bonds. The van der Waals surface area contributed by atoms with Crippen molar-refractivity contribution in [1.29, 1.82) is 0 Å². The molecule has 0 atom stereocenters. The molecule has 2 rings (SSSR count). The number of pyridine rings is 1. The second-order valence-corrected chi connectivity index (χ2v) is 5.10. The second-order valence-electron chi connectivity index (χ2n) is 4.66. The number of aromatic nitrogens is 1. The van der Waals surface area contributed by atoms with E-state index < -0.39 is 6.37 Å². The maximum atomic E-state index is 8.29. The second kappa shape index (κ2) is 6.58. The molecule has 1 heterocycles. The summed E-state index contributed by atoms with van der Waals surface area (Å²) in [5.41, 5.74) is 2.24. The number of hydrogen-bond acceptors (Lipinski definition) is 2.